The predicted molar refractivity (Wildman–Crippen MR) is 151 cm³/mol. The van der Waals surface area contributed by atoms with Gasteiger partial charge < -0.3 is 19.6 Å². The van der Waals surface area contributed by atoms with Gasteiger partial charge in [-0.15, -0.1) is 0 Å². The minimum Gasteiger partial charge on any atom is -0.449 e. The van der Waals surface area contributed by atoms with E-state index in [1.54, 1.807) is 4.90 Å². The number of hydrogen-bond acceptors (Lipinski definition) is 5. The van der Waals surface area contributed by atoms with Gasteiger partial charge in [0.05, 0.1) is 17.8 Å². The maximum atomic E-state index is 12.9. The van der Waals surface area contributed by atoms with Crippen LogP contribution < -0.4 is 10.6 Å². The first-order valence-electron chi connectivity index (χ1n) is 12.9. The molecule has 6 rings (SSSR count). The zero-order valence-corrected chi connectivity index (χ0v) is 22.4. The average molecular weight is 523 g/mol. The fourth-order valence-electron chi connectivity index (χ4n) is 5.62. The van der Waals surface area contributed by atoms with Crippen LogP contribution in [-0.4, -0.2) is 34.9 Å². The van der Waals surface area contributed by atoms with Crippen molar-refractivity contribution < 1.29 is 18.8 Å². The Kier molecular flexibility index (Phi) is 5.71. The highest BCUT2D eigenvalue weighted by Crippen LogP contribution is 2.39. The summed E-state index contributed by atoms with van der Waals surface area (Å²) < 4.78 is 13.1. The number of nitrogens with zero attached hydrogens (tertiary/aromatic N) is 3. The standard InChI is InChI=1S/C31H30N4O4/c1-18-27(19(2)39-33-18)21-12-24(29(32)36)28-23-14-22(35-16-31(3,4)17-38-30(35)37)10-11-25(23)34(26(28)13-21)15-20-8-6-5-7-9-20/h5-14H,15-17H2,1-4H3,(H2,32,36). The number of aryl methyl sites for hydroxylation is 2. The molecule has 2 aromatic heterocycles. The molecule has 0 aliphatic carbocycles. The van der Waals surface area contributed by atoms with Gasteiger partial charge in [0.2, 0.25) is 5.91 Å². The molecule has 2 N–H and O–H groups in total. The number of aromatic nitrogens is 2. The molecule has 1 saturated heterocycles. The van der Waals surface area contributed by atoms with Crippen molar-refractivity contribution in [3.05, 3.63) is 83.2 Å². The molecule has 5 aromatic rings. The first-order valence-corrected chi connectivity index (χ1v) is 12.9. The molecule has 3 aromatic carbocycles. The number of fused-ring (bicyclic) bond motifs is 3. The van der Waals surface area contributed by atoms with E-state index < -0.39 is 5.91 Å². The second-order valence-corrected chi connectivity index (χ2v) is 11.1. The van der Waals surface area contributed by atoms with Crippen molar-refractivity contribution in [1.82, 2.24) is 9.72 Å². The monoisotopic (exact) mass is 522 g/mol. The van der Waals surface area contributed by atoms with Gasteiger partial charge in [-0.3, -0.25) is 9.69 Å². The van der Waals surface area contributed by atoms with E-state index in [1.165, 1.54) is 0 Å². The van der Waals surface area contributed by atoms with Gasteiger partial charge in [0.25, 0.3) is 0 Å². The highest BCUT2D eigenvalue weighted by molar-refractivity contribution is 6.19. The minimum absolute atomic E-state index is 0.189. The molecule has 1 aliphatic heterocycles. The number of primary amides is 1. The highest BCUT2D eigenvalue weighted by atomic mass is 16.6. The van der Waals surface area contributed by atoms with Gasteiger partial charge in [0, 0.05) is 51.6 Å². The number of cyclic esters (lactones) is 1. The molecule has 0 bridgehead atoms. The number of rotatable bonds is 5. The third-order valence-corrected chi connectivity index (χ3v) is 7.42. The minimum atomic E-state index is -0.531. The maximum Gasteiger partial charge on any atom is 0.414 e. The van der Waals surface area contributed by atoms with E-state index in [9.17, 15) is 9.59 Å². The van der Waals surface area contributed by atoms with Crippen molar-refractivity contribution in [2.24, 2.45) is 11.1 Å². The van der Waals surface area contributed by atoms with Crippen LogP contribution in [0.4, 0.5) is 10.5 Å². The molecule has 0 unspecified atom stereocenters. The molecule has 39 heavy (non-hydrogen) atoms. The molecular formula is C31H30N4O4. The number of anilines is 1. The number of carbonyl (C=O) groups excluding carboxylic acids is 2. The molecule has 1 fully saturated rings. The summed E-state index contributed by atoms with van der Waals surface area (Å²) >= 11 is 0. The van der Waals surface area contributed by atoms with E-state index in [0.29, 0.717) is 36.7 Å². The maximum absolute atomic E-state index is 12.9. The molecule has 0 radical (unpaired) electrons. The van der Waals surface area contributed by atoms with E-state index in [0.717, 1.165) is 44.2 Å². The van der Waals surface area contributed by atoms with Gasteiger partial charge in [0.1, 0.15) is 5.76 Å². The van der Waals surface area contributed by atoms with Crippen molar-refractivity contribution in [1.29, 1.82) is 0 Å². The SMILES string of the molecule is Cc1noc(C)c1-c1cc(C(N)=O)c2c3cc(N4CC(C)(C)COC4=O)ccc3n(Cc3ccccc3)c2c1. The molecule has 8 nitrogen and oxygen atoms in total. The zero-order chi connectivity index (χ0) is 27.5. The first-order chi connectivity index (χ1) is 18.6. The Labute approximate surface area is 225 Å². The number of hydrogen-bond donors (Lipinski definition) is 1. The van der Waals surface area contributed by atoms with Gasteiger partial charge in [0.15, 0.2) is 0 Å². The van der Waals surface area contributed by atoms with Crippen LogP contribution in [-0.2, 0) is 11.3 Å². The Bertz CT molecular complexity index is 1740. The van der Waals surface area contributed by atoms with Crippen LogP contribution >= 0.6 is 0 Å². The van der Waals surface area contributed by atoms with Gasteiger partial charge in [-0.25, -0.2) is 4.79 Å². The van der Waals surface area contributed by atoms with Crippen molar-refractivity contribution in [3.63, 3.8) is 0 Å². The van der Waals surface area contributed by atoms with Crippen LogP contribution in [0, 0.1) is 19.3 Å². The lowest BCUT2D eigenvalue weighted by atomic mass is 9.92. The van der Waals surface area contributed by atoms with E-state index in [4.69, 9.17) is 15.0 Å². The topological polar surface area (TPSA) is 104 Å². The van der Waals surface area contributed by atoms with Crippen LogP contribution in [0.1, 0.15) is 41.2 Å². The third kappa shape index (κ3) is 4.22. The highest BCUT2D eigenvalue weighted by Gasteiger charge is 2.34. The largest absolute Gasteiger partial charge is 0.449 e. The lowest BCUT2D eigenvalue weighted by Gasteiger charge is -2.37. The zero-order valence-electron chi connectivity index (χ0n) is 22.4. The molecule has 8 heteroatoms. The fourth-order valence-corrected chi connectivity index (χ4v) is 5.62. The van der Waals surface area contributed by atoms with E-state index >= 15 is 0 Å². The summed E-state index contributed by atoms with van der Waals surface area (Å²) in [5, 5.41) is 5.70. The summed E-state index contributed by atoms with van der Waals surface area (Å²) in [6.07, 6.45) is -0.377. The number of ether oxygens (including phenoxy) is 1. The van der Waals surface area contributed by atoms with Crippen LogP contribution in [0.25, 0.3) is 32.9 Å². The summed E-state index contributed by atoms with van der Waals surface area (Å²) in [7, 11) is 0. The van der Waals surface area contributed by atoms with E-state index in [1.807, 2.05) is 56.3 Å². The Morgan fingerprint density at radius 1 is 1.05 bits per heavy atom. The van der Waals surface area contributed by atoms with Gasteiger partial charge >= 0.3 is 6.09 Å². The van der Waals surface area contributed by atoms with Crippen LogP contribution in [0.5, 0.6) is 0 Å². The van der Waals surface area contributed by atoms with Gasteiger partial charge in [-0.2, -0.15) is 0 Å². The second kappa shape index (κ2) is 9.01. The Hall–Kier alpha value is -4.59. The number of amides is 2. The molecular weight excluding hydrogens is 492 g/mol. The molecule has 1 aliphatic rings. The second-order valence-electron chi connectivity index (χ2n) is 11.1. The molecule has 2 amide bonds. The van der Waals surface area contributed by atoms with Crippen LogP contribution in [0.3, 0.4) is 0 Å². The molecule has 0 spiro atoms. The number of nitrogens with two attached hydrogens (primary N) is 1. The number of carbonyl (C=O) groups is 2. The smallest absolute Gasteiger partial charge is 0.414 e. The average Bonchev–Trinajstić information content (AvgIpc) is 3.41. The molecule has 0 atom stereocenters. The van der Waals surface area contributed by atoms with Gasteiger partial charge in [-0.05, 0) is 55.3 Å². The lowest BCUT2D eigenvalue weighted by molar-refractivity contribution is 0.0822. The van der Waals surface area contributed by atoms with Crippen molar-refractivity contribution in [3.8, 4) is 11.1 Å². The van der Waals surface area contributed by atoms with E-state index in [-0.39, 0.29) is 11.5 Å². The van der Waals surface area contributed by atoms with Crippen molar-refractivity contribution >= 4 is 39.5 Å². The Balaban J connectivity index is 1.65. The summed E-state index contributed by atoms with van der Waals surface area (Å²) in [5.74, 6) is 0.137. The quantitative estimate of drug-likeness (QED) is 0.296. The third-order valence-electron chi connectivity index (χ3n) is 7.42. The summed E-state index contributed by atoms with van der Waals surface area (Å²) in [6, 6.07) is 19.9. The molecule has 198 valence electrons. The summed E-state index contributed by atoms with van der Waals surface area (Å²) in [6.45, 7) is 9.36. The first kappa shape index (κ1) is 24.7. The number of benzene rings is 3. The summed E-state index contributed by atoms with van der Waals surface area (Å²) in [4.78, 5) is 27.3. The van der Waals surface area contributed by atoms with Gasteiger partial charge in [-0.1, -0.05) is 49.3 Å². The Morgan fingerprint density at radius 3 is 2.51 bits per heavy atom. The Morgan fingerprint density at radius 2 is 1.82 bits per heavy atom. The molecule has 3 heterocycles. The summed E-state index contributed by atoms with van der Waals surface area (Å²) in [5.41, 5.74) is 12.2. The van der Waals surface area contributed by atoms with Crippen molar-refractivity contribution in [2.75, 3.05) is 18.1 Å². The molecule has 0 saturated carbocycles. The van der Waals surface area contributed by atoms with E-state index in [2.05, 4.69) is 41.8 Å². The van der Waals surface area contributed by atoms with Crippen LogP contribution in [0.15, 0.2) is 65.2 Å². The van der Waals surface area contributed by atoms with Crippen molar-refractivity contribution in [2.45, 2.75) is 34.2 Å². The van der Waals surface area contributed by atoms with Crippen LogP contribution in [0.2, 0.25) is 0 Å². The fraction of sp³-hybridized carbons (Fsp3) is 0.258. The lowest BCUT2D eigenvalue weighted by Crippen LogP contribution is -2.47. The predicted octanol–water partition coefficient (Wildman–Crippen LogP) is 6.20. The normalized spacial score (nSPS) is 15.2.